The number of nitrogens with zero attached hydrogens (tertiary/aromatic N) is 1. The number of nitrogens with one attached hydrogen (secondary N) is 1. The van der Waals surface area contributed by atoms with Crippen LogP contribution in [0.15, 0.2) is 0 Å². The quantitative estimate of drug-likeness (QED) is 0.498. The van der Waals surface area contributed by atoms with Crippen molar-refractivity contribution in [3.05, 3.63) is 0 Å². The van der Waals surface area contributed by atoms with E-state index in [1.54, 1.807) is 7.05 Å². The van der Waals surface area contributed by atoms with Crippen molar-refractivity contribution in [3.63, 3.8) is 0 Å². The van der Waals surface area contributed by atoms with Crippen molar-refractivity contribution in [2.24, 2.45) is 0 Å². The minimum Gasteiger partial charge on any atom is -0.481 e. The lowest BCUT2D eigenvalue weighted by molar-refractivity contribution is -0.137. The summed E-state index contributed by atoms with van der Waals surface area (Å²) in [6.07, 6.45) is 6.04. The van der Waals surface area contributed by atoms with Gasteiger partial charge in [-0.2, -0.15) is 0 Å². The molecule has 0 fully saturated rings. The zero-order chi connectivity index (χ0) is 11.7. The standard InChI is InChI=1S/C10H16N2O3/c1-3-4-7-11-10(15)12(2)8-5-6-9(13)14/h1H,4-8H2,2H3,(H,11,15)(H,13,14). The van der Waals surface area contributed by atoms with Gasteiger partial charge in [0, 0.05) is 33.0 Å². The average Bonchev–Trinajstić information content (AvgIpc) is 2.17. The van der Waals surface area contributed by atoms with Crippen LogP contribution in [-0.2, 0) is 4.79 Å². The van der Waals surface area contributed by atoms with Gasteiger partial charge < -0.3 is 15.3 Å². The Labute approximate surface area is 89.4 Å². The van der Waals surface area contributed by atoms with Gasteiger partial charge in [0.2, 0.25) is 0 Å². The van der Waals surface area contributed by atoms with Crippen molar-refractivity contribution < 1.29 is 14.7 Å². The topological polar surface area (TPSA) is 69.6 Å². The molecule has 5 nitrogen and oxygen atoms in total. The maximum Gasteiger partial charge on any atom is 0.317 e. The van der Waals surface area contributed by atoms with Gasteiger partial charge in [0.1, 0.15) is 0 Å². The number of hydrogen-bond donors (Lipinski definition) is 2. The van der Waals surface area contributed by atoms with Crippen LogP contribution in [0.5, 0.6) is 0 Å². The van der Waals surface area contributed by atoms with E-state index in [1.807, 2.05) is 0 Å². The Hall–Kier alpha value is -1.70. The number of terminal acetylenes is 1. The molecule has 0 heterocycles. The van der Waals surface area contributed by atoms with Gasteiger partial charge in [0.15, 0.2) is 0 Å². The molecule has 2 amide bonds. The van der Waals surface area contributed by atoms with E-state index >= 15 is 0 Å². The van der Waals surface area contributed by atoms with Gasteiger partial charge in [0.05, 0.1) is 0 Å². The summed E-state index contributed by atoms with van der Waals surface area (Å²) in [5, 5.41) is 11.0. The van der Waals surface area contributed by atoms with Gasteiger partial charge >= 0.3 is 12.0 Å². The Bertz CT molecular complexity index is 258. The monoisotopic (exact) mass is 212 g/mol. The third kappa shape index (κ3) is 7.38. The van der Waals surface area contributed by atoms with E-state index in [9.17, 15) is 9.59 Å². The molecular weight excluding hydrogens is 196 g/mol. The van der Waals surface area contributed by atoms with Crippen molar-refractivity contribution in [2.45, 2.75) is 19.3 Å². The number of aliphatic carboxylic acids is 1. The summed E-state index contributed by atoms with van der Waals surface area (Å²) in [6.45, 7) is 0.868. The third-order valence-electron chi connectivity index (χ3n) is 1.78. The number of carbonyl (C=O) groups is 2. The molecule has 0 saturated heterocycles. The van der Waals surface area contributed by atoms with Crippen LogP contribution in [0.2, 0.25) is 0 Å². The highest BCUT2D eigenvalue weighted by molar-refractivity contribution is 5.73. The van der Waals surface area contributed by atoms with Crippen LogP contribution in [0.1, 0.15) is 19.3 Å². The highest BCUT2D eigenvalue weighted by Crippen LogP contribution is 1.93. The van der Waals surface area contributed by atoms with Gasteiger partial charge in [-0.25, -0.2) is 4.79 Å². The number of urea groups is 1. The normalized spacial score (nSPS) is 9.07. The van der Waals surface area contributed by atoms with Crippen LogP contribution in [0.25, 0.3) is 0 Å². The van der Waals surface area contributed by atoms with Gasteiger partial charge in [0.25, 0.3) is 0 Å². The molecule has 84 valence electrons. The Balaban J connectivity index is 3.61. The molecule has 0 aromatic carbocycles. The summed E-state index contributed by atoms with van der Waals surface area (Å²) in [6, 6.07) is -0.226. The third-order valence-corrected chi connectivity index (χ3v) is 1.78. The fourth-order valence-electron chi connectivity index (χ4n) is 0.946. The molecular formula is C10H16N2O3. The molecule has 0 aliphatic carbocycles. The molecule has 0 aliphatic heterocycles. The van der Waals surface area contributed by atoms with E-state index in [0.29, 0.717) is 25.9 Å². The molecule has 0 aromatic rings. The predicted molar refractivity (Wildman–Crippen MR) is 56.3 cm³/mol. The summed E-state index contributed by atoms with van der Waals surface area (Å²) in [4.78, 5) is 23.0. The van der Waals surface area contributed by atoms with Crippen LogP contribution in [-0.4, -0.2) is 42.1 Å². The SMILES string of the molecule is C#CCCNC(=O)N(C)CCCC(=O)O. The maximum absolute atomic E-state index is 11.3. The summed E-state index contributed by atoms with van der Waals surface area (Å²) in [5.41, 5.74) is 0. The van der Waals surface area contributed by atoms with E-state index in [1.165, 1.54) is 4.90 Å². The summed E-state index contributed by atoms with van der Waals surface area (Å²) in [7, 11) is 1.62. The maximum atomic E-state index is 11.3. The molecule has 0 radical (unpaired) electrons. The van der Waals surface area contributed by atoms with Crippen LogP contribution in [0.3, 0.4) is 0 Å². The number of rotatable bonds is 6. The molecule has 0 rings (SSSR count). The predicted octanol–water partition coefficient (Wildman–Crippen LogP) is 0.516. The lowest BCUT2D eigenvalue weighted by atomic mass is 10.3. The van der Waals surface area contributed by atoms with Crippen molar-refractivity contribution in [1.82, 2.24) is 10.2 Å². The Morgan fingerprint density at radius 1 is 1.53 bits per heavy atom. The largest absolute Gasteiger partial charge is 0.481 e. The second kappa shape index (κ2) is 7.68. The summed E-state index contributed by atoms with van der Waals surface area (Å²) < 4.78 is 0. The number of carboxylic acids is 1. The first-order valence-corrected chi connectivity index (χ1v) is 4.72. The average molecular weight is 212 g/mol. The fourth-order valence-corrected chi connectivity index (χ4v) is 0.946. The minimum absolute atomic E-state index is 0.0714. The molecule has 0 bridgehead atoms. The first-order chi connectivity index (χ1) is 7.07. The first kappa shape index (κ1) is 13.3. The summed E-state index contributed by atoms with van der Waals surface area (Å²) >= 11 is 0. The van der Waals surface area contributed by atoms with E-state index in [4.69, 9.17) is 11.5 Å². The van der Waals surface area contributed by atoms with E-state index in [2.05, 4.69) is 11.2 Å². The molecule has 5 heteroatoms. The highest BCUT2D eigenvalue weighted by Gasteiger charge is 2.07. The Kier molecular flexibility index (Phi) is 6.81. The van der Waals surface area contributed by atoms with Gasteiger partial charge in [-0.3, -0.25) is 4.79 Å². The van der Waals surface area contributed by atoms with Crippen molar-refractivity contribution >= 4 is 12.0 Å². The molecule has 0 aromatic heterocycles. The van der Waals surface area contributed by atoms with Gasteiger partial charge in [-0.15, -0.1) is 12.3 Å². The summed E-state index contributed by atoms with van der Waals surface area (Å²) in [5.74, 6) is 1.56. The van der Waals surface area contributed by atoms with Gasteiger partial charge in [-0.1, -0.05) is 0 Å². The number of hydrogen-bond acceptors (Lipinski definition) is 2. The molecule has 2 N–H and O–H groups in total. The zero-order valence-corrected chi connectivity index (χ0v) is 8.82. The first-order valence-electron chi connectivity index (χ1n) is 4.72. The molecule has 0 unspecified atom stereocenters. The minimum atomic E-state index is -0.851. The Morgan fingerprint density at radius 2 is 2.20 bits per heavy atom. The zero-order valence-electron chi connectivity index (χ0n) is 8.82. The van der Waals surface area contributed by atoms with Crippen LogP contribution >= 0.6 is 0 Å². The number of carbonyl (C=O) groups excluding carboxylic acids is 1. The van der Waals surface area contributed by atoms with E-state index in [0.717, 1.165) is 0 Å². The second-order valence-corrected chi connectivity index (χ2v) is 3.10. The van der Waals surface area contributed by atoms with E-state index < -0.39 is 5.97 Å². The van der Waals surface area contributed by atoms with Crippen molar-refractivity contribution in [3.8, 4) is 12.3 Å². The van der Waals surface area contributed by atoms with Crippen LogP contribution in [0.4, 0.5) is 4.79 Å². The second-order valence-electron chi connectivity index (χ2n) is 3.10. The lowest BCUT2D eigenvalue weighted by Crippen LogP contribution is -2.38. The smallest absolute Gasteiger partial charge is 0.317 e. The molecule has 15 heavy (non-hydrogen) atoms. The van der Waals surface area contributed by atoms with Crippen molar-refractivity contribution in [1.29, 1.82) is 0 Å². The van der Waals surface area contributed by atoms with Crippen LogP contribution < -0.4 is 5.32 Å². The van der Waals surface area contributed by atoms with Gasteiger partial charge in [-0.05, 0) is 6.42 Å². The lowest BCUT2D eigenvalue weighted by Gasteiger charge is -2.16. The van der Waals surface area contributed by atoms with Crippen molar-refractivity contribution in [2.75, 3.05) is 20.1 Å². The molecule has 0 atom stereocenters. The number of carboxylic acid groups (broad SMARTS) is 1. The Morgan fingerprint density at radius 3 is 2.73 bits per heavy atom. The highest BCUT2D eigenvalue weighted by atomic mass is 16.4. The van der Waals surface area contributed by atoms with Crippen LogP contribution in [0, 0.1) is 12.3 Å². The number of amides is 2. The molecule has 0 spiro atoms. The molecule has 0 saturated carbocycles. The fraction of sp³-hybridized carbons (Fsp3) is 0.600. The molecule has 0 aliphatic rings. The van der Waals surface area contributed by atoms with E-state index in [-0.39, 0.29) is 12.5 Å².